The molecule has 1 aromatic heterocycles. The lowest BCUT2D eigenvalue weighted by Gasteiger charge is -2.40. The van der Waals surface area contributed by atoms with Crippen LogP contribution >= 0.6 is 11.6 Å². The Kier molecular flexibility index (Phi) is 7.28. The van der Waals surface area contributed by atoms with Crippen LogP contribution in [0.1, 0.15) is 45.6 Å². The second-order valence-electron chi connectivity index (χ2n) is 10.3. The summed E-state index contributed by atoms with van der Waals surface area (Å²) in [5.41, 5.74) is 3.07. The molecule has 194 valence electrons. The summed E-state index contributed by atoms with van der Waals surface area (Å²) in [4.78, 5) is 30.7. The van der Waals surface area contributed by atoms with Crippen molar-refractivity contribution in [3.63, 3.8) is 0 Å². The van der Waals surface area contributed by atoms with E-state index in [4.69, 9.17) is 25.8 Å². The second kappa shape index (κ2) is 10.4. The number of aryl methyl sites for hydroxylation is 2. The van der Waals surface area contributed by atoms with Gasteiger partial charge in [0.05, 0.1) is 18.2 Å². The molecule has 0 bridgehead atoms. The van der Waals surface area contributed by atoms with Crippen LogP contribution in [0.2, 0.25) is 5.02 Å². The zero-order valence-electron chi connectivity index (χ0n) is 21.1. The van der Waals surface area contributed by atoms with E-state index in [0.717, 1.165) is 56.9 Å². The Labute approximate surface area is 216 Å². The first-order valence-electron chi connectivity index (χ1n) is 12.7. The molecule has 1 unspecified atom stereocenters. The average Bonchev–Trinajstić information content (AvgIpc) is 2.83. The minimum absolute atomic E-state index is 0.0754. The predicted octanol–water partition coefficient (Wildman–Crippen LogP) is 3.38. The third kappa shape index (κ3) is 5.12. The third-order valence-electron chi connectivity index (χ3n) is 7.65. The molecule has 5 rings (SSSR count). The highest BCUT2D eigenvalue weighted by Gasteiger charge is 2.35. The van der Waals surface area contributed by atoms with Gasteiger partial charge in [0, 0.05) is 47.3 Å². The van der Waals surface area contributed by atoms with Gasteiger partial charge in [-0.15, -0.1) is 0 Å². The molecule has 3 aliphatic heterocycles. The molecular formula is C27H34ClN3O5. The summed E-state index contributed by atoms with van der Waals surface area (Å²) in [5, 5.41) is 3.22. The molecule has 2 fully saturated rings. The third-order valence-corrected chi connectivity index (χ3v) is 7.93. The number of carbonyl (C=O) groups excluding carboxylic acids is 1. The minimum atomic E-state index is -0.310. The summed E-state index contributed by atoms with van der Waals surface area (Å²) in [6.45, 7) is 11.1. The number of aromatic nitrogens is 1. The number of aromatic amines is 1. The van der Waals surface area contributed by atoms with Gasteiger partial charge in [0.25, 0.3) is 11.5 Å². The second-order valence-corrected chi connectivity index (χ2v) is 10.7. The number of H-pyrrole nitrogens is 1. The summed E-state index contributed by atoms with van der Waals surface area (Å²) in [7, 11) is 0. The minimum Gasteiger partial charge on any atom is -0.484 e. The molecule has 0 aliphatic carbocycles. The normalized spacial score (nSPS) is 20.7. The summed E-state index contributed by atoms with van der Waals surface area (Å²) < 4.78 is 17.8. The van der Waals surface area contributed by atoms with Crippen LogP contribution < -0.4 is 20.3 Å². The van der Waals surface area contributed by atoms with Crippen LogP contribution in [0.15, 0.2) is 16.9 Å². The molecule has 0 saturated carbocycles. The van der Waals surface area contributed by atoms with E-state index in [1.165, 1.54) is 0 Å². The maximum absolute atomic E-state index is 13.1. The van der Waals surface area contributed by atoms with E-state index in [1.807, 2.05) is 26.8 Å². The van der Waals surface area contributed by atoms with Gasteiger partial charge in [0.2, 0.25) is 0 Å². The number of nitrogens with one attached hydrogen (secondary N) is 2. The van der Waals surface area contributed by atoms with Crippen molar-refractivity contribution in [2.45, 2.75) is 46.3 Å². The van der Waals surface area contributed by atoms with Crippen molar-refractivity contribution in [1.82, 2.24) is 15.2 Å². The first kappa shape index (κ1) is 25.1. The van der Waals surface area contributed by atoms with Gasteiger partial charge >= 0.3 is 0 Å². The van der Waals surface area contributed by atoms with Gasteiger partial charge < -0.3 is 29.4 Å². The van der Waals surface area contributed by atoms with E-state index in [2.05, 4.69) is 15.2 Å². The molecule has 2 saturated heterocycles. The van der Waals surface area contributed by atoms with Crippen molar-refractivity contribution in [2.24, 2.45) is 11.8 Å². The molecule has 1 amide bonds. The first-order chi connectivity index (χ1) is 17.3. The Balaban J connectivity index is 1.26. The van der Waals surface area contributed by atoms with Crippen molar-refractivity contribution >= 4 is 17.5 Å². The molecule has 0 spiro atoms. The van der Waals surface area contributed by atoms with Crippen LogP contribution in [-0.2, 0) is 11.3 Å². The van der Waals surface area contributed by atoms with Gasteiger partial charge in [-0.3, -0.25) is 9.59 Å². The number of hydrogen-bond acceptors (Lipinski definition) is 6. The van der Waals surface area contributed by atoms with E-state index in [0.29, 0.717) is 51.7 Å². The lowest BCUT2D eigenvalue weighted by molar-refractivity contribution is -0.0535. The molecule has 1 atom stereocenters. The van der Waals surface area contributed by atoms with Crippen LogP contribution in [0.5, 0.6) is 11.5 Å². The molecule has 3 aliphatic rings. The van der Waals surface area contributed by atoms with Gasteiger partial charge in [-0.1, -0.05) is 11.6 Å². The van der Waals surface area contributed by atoms with Crippen LogP contribution in [0.3, 0.4) is 0 Å². The monoisotopic (exact) mass is 515 g/mol. The standard InChI is InChI=1S/C27H34ClN3O5/c1-15-8-16(2)30-27(33)21(15)10-29-26(32)20-9-22(28)25-24(17(20)3)36-23(14-35-25)19-4-6-31(7-5-19)11-18-12-34-13-18/h8-9,18-19,23H,4-7,10-14H2,1-3H3,(H,29,32)(H,30,33). The maximum atomic E-state index is 13.1. The van der Waals surface area contributed by atoms with Gasteiger partial charge in [0.1, 0.15) is 12.7 Å². The number of ether oxygens (including phenoxy) is 3. The Bertz CT molecular complexity index is 1200. The topological polar surface area (TPSA) is 92.9 Å². The van der Waals surface area contributed by atoms with Crippen LogP contribution in [0.25, 0.3) is 0 Å². The predicted molar refractivity (Wildman–Crippen MR) is 137 cm³/mol. The fraction of sp³-hybridized carbons (Fsp3) is 0.556. The number of halogens is 1. The number of amides is 1. The number of benzene rings is 1. The van der Waals surface area contributed by atoms with Crippen molar-refractivity contribution in [2.75, 3.05) is 39.5 Å². The highest BCUT2D eigenvalue weighted by atomic mass is 35.5. The van der Waals surface area contributed by atoms with Crippen LogP contribution in [0, 0.1) is 32.6 Å². The zero-order chi connectivity index (χ0) is 25.4. The van der Waals surface area contributed by atoms with Crippen LogP contribution in [-0.4, -0.2) is 61.3 Å². The van der Waals surface area contributed by atoms with E-state index in [1.54, 1.807) is 6.07 Å². The Morgan fingerprint density at radius 1 is 1.14 bits per heavy atom. The highest BCUT2D eigenvalue weighted by molar-refractivity contribution is 6.32. The molecule has 8 nitrogen and oxygen atoms in total. The van der Waals surface area contributed by atoms with E-state index in [-0.39, 0.29) is 24.1 Å². The molecule has 36 heavy (non-hydrogen) atoms. The molecular weight excluding hydrogens is 482 g/mol. The van der Waals surface area contributed by atoms with E-state index < -0.39 is 0 Å². The van der Waals surface area contributed by atoms with E-state index in [9.17, 15) is 9.59 Å². The van der Waals surface area contributed by atoms with Gasteiger partial charge in [0.15, 0.2) is 11.5 Å². The number of pyridine rings is 1. The number of fused-ring (bicyclic) bond motifs is 1. The molecule has 1 aromatic carbocycles. The lowest BCUT2D eigenvalue weighted by Crippen LogP contribution is -2.46. The number of hydrogen-bond donors (Lipinski definition) is 2. The van der Waals surface area contributed by atoms with E-state index >= 15 is 0 Å². The number of carbonyl (C=O) groups is 1. The summed E-state index contributed by atoms with van der Waals surface area (Å²) in [6.07, 6.45) is 2.02. The SMILES string of the molecule is Cc1cc(C)c(CNC(=O)c2cc(Cl)c3c(c2C)OC(C2CCN(CC4COC4)CC2)CO3)c(=O)[nH]1. The largest absolute Gasteiger partial charge is 0.484 e. The summed E-state index contributed by atoms with van der Waals surface area (Å²) >= 11 is 6.51. The van der Waals surface area contributed by atoms with Crippen molar-refractivity contribution in [3.05, 3.63) is 55.5 Å². The van der Waals surface area contributed by atoms with Gasteiger partial charge in [-0.05, 0) is 64.4 Å². The Morgan fingerprint density at radius 2 is 1.89 bits per heavy atom. The fourth-order valence-electron chi connectivity index (χ4n) is 5.42. The number of rotatable bonds is 6. The number of piperidine rings is 1. The zero-order valence-corrected chi connectivity index (χ0v) is 21.9. The lowest BCUT2D eigenvalue weighted by atomic mass is 9.90. The molecule has 2 N–H and O–H groups in total. The van der Waals surface area contributed by atoms with Crippen molar-refractivity contribution in [1.29, 1.82) is 0 Å². The smallest absolute Gasteiger partial charge is 0.253 e. The Morgan fingerprint density at radius 3 is 2.56 bits per heavy atom. The molecule has 9 heteroatoms. The highest BCUT2D eigenvalue weighted by Crippen LogP contribution is 2.44. The van der Waals surface area contributed by atoms with Gasteiger partial charge in [-0.2, -0.15) is 0 Å². The summed E-state index contributed by atoms with van der Waals surface area (Å²) in [5.74, 6) is 1.79. The quantitative estimate of drug-likeness (QED) is 0.612. The number of nitrogens with zero attached hydrogens (tertiary/aromatic N) is 1. The van der Waals surface area contributed by atoms with Crippen molar-refractivity contribution in [3.8, 4) is 11.5 Å². The molecule has 4 heterocycles. The first-order valence-corrected chi connectivity index (χ1v) is 13.1. The Hall–Kier alpha value is -2.55. The molecule has 0 radical (unpaired) electrons. The fourth-order valence-corrected chi connectivity index (χ4v) is 5.67. The summed E-state index contributed by atoms with van der Waals surface area (Å²) in [6, 6.07) is 3.51. The van der Waals surface area contributed by atoms with Crippen LogP contribution in [0.4, 0.5) is 0 Å². The van der Waals surface area contributed by atoms with Crippen molar-refractivity contribution < 1.29 is 19.0 Å². The van der Waals surface area contributed by atoms with Gasteiger partial charge in [-0.25, -0.2) is 0 Å². The number of likely N-dealkylation sites (tertiary alicyclic amines) is 1. The average molecular weight is 516 g/mol. The molecule has 2 aromatic rings. The maximum Gasteiger partial charge on any atom is 0.253 e.